The predicted octanol–water partition coefficient (Wildman–Crippen LogP) is 19.8. The first-order valence-corrected chi connectivity index (χ1v) is 29.7. The molecule has 0 saturated carbocycles. The highest BCUT2D eigenvalue weighted by molar-refractivity contribution is 5.71. The summed E-state index contributed by atoms with van der Waals surface area (Å²) in [5.41, 5.74) is 0. The second-order valence-electron chi connectivity index (χ2n) is 19.9. The van der Waals surface area contributed by atoms with E-state index in [1.807, 2.05) is 0 Å². The van der Waals surface area contributed by atoms with E-state index >= 15 is 0 Å². The second-order valence-corrected chi connectivity index (χ2v) is 19.9. The number of hydrogen-bond acceptors (Lipinski definition) is 6. The molecule has 0 rings (SSSR count). The van der Waals surface area contributed by atoms with E-state index in [4.69, 9.17) is 14.2 Å². The van der Waals surface area contributed by atoms with Crippen LogP contribution in [0.1, 0.15) is 310 Å². The van der Waals surface area contributed by atoms with Crippen molar-refractivity contribution in [2.24, 2.45) is 0 Å². The number of hydrogen-bond donors (Lipinski definition) is 0. The Labute approximate surface area is 422 Å². The van der Waals surface area contributed by atoms with Crippen LogP contribution in [0.2, 0.25) is 0 Å². The minimum atomic E-state index is -0.783. The molecule has 68 heavy (non-hydrogen) atoms. The van der Waals surface area contributed by atoms with Crippen molar-refractivity contribution in [1.29, 1.82) is 0 Å². The molecule has 1 unspecified atom stereocenters. The van der Waals surface area contributed by atoms with Gasteiger partial charge < -0.3 is 14.2 Å². The topological polar surface area (TPSA) is 78.9 Å². The Kier molecular flexibility index (Phi) is 54.8. The molecule has 6 heteroatoms. The summed E-state index contributed by atoms with van der Waals surface area (Å²) in [7, 11) is 0. The van der Waals surface area contributed by atoms with E-state index in [-0.39, 0.29) is 31.1 Å². The Morgan fingerprint density at radius 3 is 0.853 bits per heavy atom. The molecule has 0 bridgehead atoms. The Morgan fingerprint density at radius 2 is 0.529 bits per heavy atom. The van der Waals surface area contributed by atoms with E-state index in [2.05, 4.69) is 69.4 Å². The van der Waals surface area contributed by atoms with Crippen molar-refractivity contribution in [2.45, 2.75) is 316 Å². The summed E-state index contributed by atoms with van der Waals surface area (Å²) < 4.78 is 16.9. The monoisotopic (exact) mass is 953 g/mol. The van der Waals surface area contributed by atoms with Gasteiger partial charge in [-0.05, 0) is 96.3 Å². The second kappa shape index (κ2) is 57.0. The summed E-state index contributed by atoms with van der Waals surface area (Å²) in [6, 6.07) is 0. The van der Waals surface area contributed by atoms with Crippen LogP contribution in [0, 0.1) is 0 Å². The summed E-state index contributed by atoms with van der Waals surface area (Å²) in [6.45, 7) is 6.62. The highest BCUT2D eigenvalue weighted by atomic mass is 16.6. The molecule has 0 aliphatic rings. The van der Waals surface area contributed by atoms with Crippen LogP contribution < -0.4 is 0 Å². The van der Waals surface area contributed by atoms with Crippen molar-refractivity contribution in [2.75, 3.05) is 13.2 Å². The molecule has 0 aromatic rings. The van der Waals surface area contributed by atoms with Gasteiger partial charge in [-0.15, -0.1) is 0 Å². The third-order valence-corrected chi connectivity index (χ3v) is 13.1. The maximum atomic E-state index is 12.9. The predicted molar refractivity (Wildman–Crippen MR) is 293 cm³/mol. The molecule has 0 aromatic carbocycles. The average molecular weight is 954 g/mol. The lowest BCUT2D eigenvalue weighted by molar-refractivity contribution is -0.167. The summed E-state index contributed by atoms with van der Waals surface area (Å²) in [5, 5.41) is 0. The summed E-state index contributed by atoms with van der Waals surface area (Å²) >= 11 is 0. The summed E-state index contributed by atoms with van der Waals surface area (Å²) in [5.74, 6) is -0.891. The standard InChI is InChI=1S/C62H112O6/c1-4-7-10-13-16-19-22-25-28-30-32-34-37-40-43-46-49-52-55-61(64)67-58-59(57-66-60(63)54-51-48-45-42-39-36-33-27-24-21-18-15-12-9-6-3)68-62(65)56-53-50-47-44-41-38-35-31-29-26-23-20-17-14-11-8-5-2/h18,21,24,26-27,29,32,34,59H,4-17,19-20,22-23,25,28,30-31,33,35-58H2,1-3H3/b21-18-,27-24-,29-26-,34-32-. The Hall–Kier alpha value is -2.63. The Bertz CT molecular complexity index is 1190. The zero-order valence-corrected chi connectivity index (χ0v) is 45.4. The van der Waals surface area contributed by atoms with Gasteiger partial charge in [0.25, 0.3) is 0 Å². The van der Waals surface area contributed by atoms with Gasteiger partial charge >= 0.3 is 17.9 Å². The minimum Gasteiger partial charge on any atom is -0.462 e. The average Bonchev–Trinajstić information content (AvgIpc) is 3.34. The Morgan fingerprint density at radius 1 is 0.294 bits per heavy atom. The molecule has 0 amide bonds. The number of carbonyl (C=O) groups is 3. The SMILES string of the molecule is CCCCC/C=C\C=C/CCCCCCCCC(=O)OCC(COC(=O)CCCCCCC/C=C\CCCCCCCCCCC)OC(=O)CCCCCCCCC/C=C\CCCCCCCC. The van der Waals surface area contributed by atoms with E-state index in [1.54, 1.807) is 0 Å². The zero-order valence-electron chi connectivity index (χ0n) is 45.4. The van der Waals surface area contributed by atoms with Gasteiger partial charge in [-0.2, -0.15) is 0 Å². The van der Waals surface area contributed by atoms with Crippen LogP contribution in [0.25, 0.3) is 0 Å². The summed E-state index contributed by atoms with van der Waals surface area (Å²) in [6.07, 6.45) is 69.5. The van der Waals surface area contributed by atoms with Crippen molar-refractivity contribution in [3.63, 3.8) is 0 Å². The van der Waals surface area contributed by atoms with Gasteiger partial charge in [0, 0.05) is 19.3 Å². The normalized spacial score (nSPS) is 12.3. The van der Waals surface area contributed by atoms with Crippen LogP contribution in [-0.2, 0) is 28.6 Å². The van der Waals surface area contributed by atoms with Gasteiger partial charge in [0.05, 0.1) is 0 Å². The number of allylic oxidation sites excluding steroid dienone is 8. The zero-order chi connectivity index (χ0) is 49.3. The first kappa shape index (κ1) is 65.4. The molecular weight excluding hydrogens is 841 g/mol. The van der Waals surface area contributed by atoms with Crippen LogP contribution in [0.3, 0.4) is 0 Å². The Balaban J connectivity index is 4.39. The number of rotatable bonds is 54. The van der Waals surface area contributed by atoms with Crippen molar-refractivity contribution in [3.8, 4) is 0 Å². The molecule has 0 heterocycles. The van der Waals surface area contributed by atoms with Gasteiger partial charge in [0.1, 0.15) is 13.2 Å². The van der Waals surface area contributed by atoms with Crippen LogP contribution in [-0.4, -0.2) is 37.2 Å². The molecule has 0 aromatic heterocycles. The van der Waals surface area contributed by atoms with Crippen molar-refractivity contribution < 1.29 is 28.6 Å². The van der Waals surface area contributed by atoms with Crippen molar-refractivity contribution >= 4 is 17.9 Å². The van der Waals surface area contributed by atoms with Crippen LogP contribution in [0.15, 0.2) is 48.6 Å². The van der Waals surface area contributed by atoms with Crippen molar-refractivity contribution in [1.82, 2.24) is 0 Å². The molecule has 0 spiro atoms. The number of esters is 3. The van der Waals surface area contributed by atoms with E-state index in [9.17, 15) is 14.4 Å². The maximum Gasteiger partial charge on any atom is 0.306 e. The highest BCUT2D eigenvalue weighted by Gasteiger charge is 2.19. The van der Waals surface area contributed by atoms with Gasteiger partial charge in [0.2, 0.25) is 0 Å². The third kappa shape index (κ3) is 54.3. The lowest BCUT2D eigenvalue weighted by Gasteiger charge is -2.18. The minimum absolute atomic E-state index is 0.0814. The van der Waals surface area contributed by atoms with Crippen LogP contribution >= 0.6 is 0 Å². The third-order valence-electron chi connectivity index (χ3n) is 13.1. The van der Waals surface area contributed by atoms with Gasteiger partial charge in [-0.3, -0.25) is 14.4 Å². The van der Waals surface area contributed by atoms with E-state index < -0.39 is 6.10 Å². The quantitative estimate of drug-likeness (QED) is 0.0199. The fourth-order valence-electron chi connectivity index (χ4n) is 8.54. The molecule has 6 nitrogen and oxygen atoms in total. The highest BCUT2D eigenvalue weighted by Crippen LogP contribution is 2.16. The lowest BCUT2D eigenvalue weighted by atomic mass is 10.1. The van der Waals surface area contributed by atoms with Crippen LogP contribution in [0.4, 0.5) is 0 Å². The molecule has 396 valence electrons. The first-order chi connectivity index (χ1) is 33.5. The number of unbranched alkanes of at least 4 members (excludes halogenated alkanes) is 36. The van der Waals surface area contributed by atoms with E-state index in [0.717, 1.165) is 70.6 Å². The number of ether oxygens (including phenoxy) is 3. The fraction of sp³-hybridized carbons (Fsp3) is 0.823. The van der Waals surface area contributed by atoms with Gasteiger partial charge in [0.15, 0.2) is 6.10 Å². The maximum absolute atomic E-state index is 12.9. The molecule has 0 saturated heterocycles. The lowest BCUT2D eigenvalue weighted by Crippen LogP contribution is -2.30. The molecule has 0 fully saturated rings. The molecular formula is C62H112O6. The molecule has 0 aliphatic heterocycles. The fourth-order valence-corrected chi connectivity index (χ4v) is 8.54. The van der Waals surface area contributed by atoms with Gasteiger partial charge in [-0.25, -0.2) is 0 Å². The smallest absolute Gasteiger partial charge is 0.306 e. The molecule has 1 atom stereocenters. The molecule has 0 radical (unpaired) electrons. The van der Waals surface area contributed by atoms with Crippen molar-refractivity contribution in [3.05, 3.63) is 48.6 Å². The molecule has 0 N–H and O–H groups in total. The van der Waals surface area contributed by atoms with E-state index in [0.29, 0.717) is 19.3 Å². The van der Waals surface area contributed by atoms with Gasteiger partial charge in [-0.1, -0.05) is 243 Å². The first-order valence-electron chi connectivity index (χ1n) is 29.7. The molecule has 0 aliphatic carbocycles. The van der Waals surface area contributed by atoms with E-state index in [1.165, 1.54) is 199 Å². The summed E-state index contributed by atoms with van der Waals surface area (Å²) in [4.78, 5) is 38.2. The largest absolute Gasteiger partial charge is 0.462 e. The van der Waals surface area contributed by atoms with Crippen LogP contribution in [0.5, 0.6) is 0 Å². The number of carbonyl (C=O) groups excluding carboxylic acids is 3.